The first-order valence-electron chi connectivity index (χ1n) is 12.1. The molecule has 0 spiro atoms. The molecule has 1 saturated heterocycles. The second-order valence-corrected chi connectivity index (χ2v) is 11.9. The number of ether oxygens (including phenoxy) is 2. The van der Waals surface area contributed by atoms with Crippen molar-refractivity contribution in [2.45, 2.75) is 64.0 Å². The van der Waals surface area contributed by atoms with Gasteiger partial charge in [-0.2, -0.15) is 14.3 Å². The Hall–Kier alpha value is -3.25. The molecule has 0 saturated carbocycles. The quantitative estimate of drug-likeness (QED) is 0.574. The van der Waals surface area contributed by atoms with Crippen LogP contribution in [0, 0.1) is 13.8 Å². The van der Waals surface area contributed by atoms with Gasteiger partial charge in [0.05, 0.1) is 22.0 Å². The number of anilines is 1. The summed E-state index contributed by atoms with van der Waals surface area (Å²) in [6, 6.07) is 8.25. The number of amides is 2. The molecule has 0 unspecified atom stereocenters. The highest BCUT2D eigenvalue weighted by Crippen LogP contribution is 2.24. The van der Waals surface area contributed by atoms with E-state index in [1.807, 2.05) is 0 Å². The average molecular weight is 534 g/mol. The van der Waals surface area contributed by atoms with Gasteiger partial charge in [-0.1, -0.05) is 18.2 Å². The van der Waals surface area contributed by atoms with E-state index in [2.05, 4.69) is 15.3 Å². The van der Waals surface area contributed by atoms with Crippen LogP contribution in [0.5, 0.6) is 6.01 Å². The minimum Gasteiger partial charge on any atom is -0.453 e. The van der Waals surface area contributed by atoms with E-state index in [1.165, 1.54) is 4.31 Å². The van der Waals surface area contributed by atoms with Crippen LogP contribution in [0.4, 0.5) is 10.5 Å². The number of aryl methyl sites for hydroxylation is 2. The summed E-state index contributed by atoms with van der Waals surface area (Å²) in [5.74, 6) is -0.265. The molecule has 37 heavy (non-hydrogen) atoms. The largest absolute Gasteiger partial charge is 0.453 e. The molecule has 0 atom stereocenters. The minimum absolute atomic E-state index is 0.0234. The highest BCUT2D eigenvalue weighted by atomic mass is 32.2. The summed E-state index contributed by atoms with van der Waals surface area (Å²) in [5.41, 5.74) is 0.721. The average Bonchev–Trinajstić information content (AvgIpc) is 2.84. The molecular formula is C25H35N5O6S. The zero-order valence-corrected chi connectivity index (χ0v) is 23.0. The van der Waals surface area contributed by atoms with Gasteiger partial charge in [0, 0.05) is 26.2 Å². The lowest BCUT2D eigenvalue weighted by atomic mass is 10.1. The summed E-state index contributed by atoms with van der Waals surface area (Å²) < 4.78 is 38.0. The van der Waals surface area contributed by atoms with E-state index < -0.39 is 21.7 Å². The fourth-order valence-electron chi connectivity index (χ4n) is 3.98. The number of hydrogen-bond acceptors (Lipinski definition) is 8. The third-order valence-electron chi connectivity index (χ3n) is 5.95. The van der Waals surface area contributed by atoms with E-state index in [0.717, 1.165) is 0 Å². The molecule has 1 aromatic carbocycles. The van der Waals surface area contributed by atoms with Crippen molar-refractivity contribution < 1.29 is 27.5 Å². The van der Waals surface area contributed by atoms with Gasteiger partial charge in [-0.05, 0) is 59.6 Å². The van der Waals surface area contributed by atoms with E-state index in [9.17, 15) is 18.0 Å². The number of carbonyl (C=O) groups excluding carboxylic acids is 2. The first-order chi connectivity index (χ1) is 17.3. The van der Waals surface area contributed by atoms with Gasteiger partial charge in [0.2, 0.25) is 10.0 Å². The lowest BCUT2D eigenvalue weighted by Gasteiger charge is -2.36. The van der Waals surface area contributed by atoms with Gasteiger partial charge < -0.3 is 14.4 Å². The molecule has 1 aromatic heterocycles. The first-order valence-corrected chi connectivity index (χ1v) is 13.5. The molecule has 3 rings (SSSR count). The van der Waals surface area contributed by atoms with Gasteiger partial charge in [-0.15, -0.1) is 0 Å². The molecule has 1 N–H and O–H groups in total. The summed E-state index contributed by atoms with van der Waals surface area (Å²) >= 11 is 0. The summed E-state index contributed by atoms with van der Waals surface area (Å²) in [4.78, 5) is 35.2. The van der Waals surface area contributed by atoms with E-state index in [4.69, 9.17) is 9.47 Å². The smallest absolute Gasteiger partial charge is 0.412 e. The Morgan fingerprint density at radius 2 is 1.65 bits per heavy atom. The van der Waals surface area contributed by atoms with Crippen LogP contribution in [0.1, 0.15) is 45.0 Å². The SMILES string of the molecule is Cc1nc(OCC(=O)N(C)C2CCN(S(=O)(=O)c3ccccc3)CC2)nc(C)c1NC(=O)OC(C)(C)C. The number of likely N-dealkylation sites (N-methyl/N-ethyl adjacent to an activating group) is 1. The topological polar surface area (TPSA) is 131 Å². The predicted molar refractivity (Wildman–Crippen MR) is 138 cm³/mol. The molecule has 202 valence electrons. The van der Waals surface area contributed by atoms with Crippen molar-refractivity contribution in [1.29, 1.82) is 0 Å². The Morgan fingerprint density at radius 1 is 1.08 bits per heavy atom. The van der Waals surface area contributed by atoms with Crippen LogP contribution in [-0.2, 0) is 19.6 Å². The number of benzene rings is 1. The molecular weight excluding hydrogens is 498 g/mol. The fourth-order valence-corrected chi connectivity index (χ4v) is 5.47. The molecule has 1 fully saturated rings. The summed E-state index contributed by atoms with van der Waals surface area (Å²) in [5, 5.41) is 2.65. The van der Waals surface area contributed by atoms with Crippen molar-refractivity contribution >= 4 is 27.7 Å². The van der Waals surface area contributed by atoms with Crippen molar-refractivity contribution in [2.75, 3.05) is 32.1 Å². The molecule has 12 heteroatoms. The van der Waals surface area contributed by atoms with E-state index >= 15 is 0 Å². The van der Waals surface area contributed by atoms with Crippen molar-refractivity contribution in [1.82, 2.24) is 19.2 Å². The van der Waals surface area contributed by atoms with E-state index in [1.54, 1.807) is 76.9 Å². The van der Waals surface area contributed by atoms with Gasteiger partial charge in [0.1, 0.15) is 5.60 Å². The van der Waals surface area contributed by atoms with Crippen LogP contribution in [-0.4, -0.2) is 78.0 Å². The number of carbonyl (C=O) groups is 2. The van der Waals surface area contributed by atoms with Gasteiger partial charge in [0.15, 0.2) is 6.61 Å². The molecule has 1 aliphatic heterocycles. The first kappa shape index (κ1) is 28.3. The highest BCUT2D eigenvalue weighted by molar-refractivity contribution is 7.89. The predicted octanol–water partition coefficient (Wildman–Crippen LogP) is 3.13. The monoisotopic (exact) mass is 533 g/mol. The standard InChI is InChI=1S/C25H35N5O6S/c1-17-22(28-24(32)36-25(3,4)5)18(2)27-23(26-17)35-16-21(31)29(6)19-12-14-30(15-13-19)37(33,34)20-10-8-7-9-11-20/h7-11,19H,12-16H2,1-6H3,(H,28,32). The molecule has 11 nitrogen and oxygen atoms in total. The van der Waals surface area contributed by atoms with E-state index in [0.29, 0.717) is 43.0 Å². The lowest BCUT2D eigenvalue weighted by molar-refractivity contribution is -0.135. The van der Waals surface area contributed by atoms with Gasteiger partial charge in [-0.25, -0.2) is 13.2 Å². The Morgan fingerprint density at radius 3 is 2.19 bits per heavy atom. The van der Waals surface area contributed by atoms with Crippen molar-refractivity contribution in [3.05, 3.63) is 41.7 Å². The molecule has 2 amide bonds. The Bertz CT molecular complexity index is 1200. The maximum absolute atomic E-state index is 12.8. The zero-order chi connectivity index (χ0) is 27.4. The summed E-state index contributed by atoms with van der Waals surface area (Å²) in [6.07, 6.45) is 0.428. The summed E-state index contributed by atoms with van der Waals surface area (Å²) in [6.45, 7) is 9.08. The number of sulfonamides is 1. The van der Waals surface area contributed by atoms with Crippen molar-refractivity contribution in [2.24, 2.45) is 0 Å². The van der Waals surface area contributed by atoms with Crippen LogP contribution in [0.3, 0.4) is 0 Å². The number of hydrogen-bond donors (Lipinski definition) is 1. The van der Waals surface area contributed by atoms with Gasteiger partial charge in [-0.3, -0.25) is 10.1 Å². The van der Waals surface area contributed by atoms with Crippen molar-refractivity contribution in [3.8, 4) is 6.01 Å². The molecule has 2 heterocycles. The van der Waals surface area contributed by atoms with E-state index in [-0.39, 0.29) is 29.5 Å². The number of nitrogens with zero attached hydrogens (tertiary/aromatic N) is 4. The highest BCUT2D eigenvalue weighted by Gasteiger charge is 2.32. The molecule has 0 radical (unpaired) electrons. The van der Waals surface area contributed by atoms with Crippen LogP contribution >= 0.6 is 0 Å². The van der Waals surface area contributed by atoms with Crippen molar-refractivity contribution in [3.63, 3.8) is 0 Å². The Labute approximate surface area is 218 Å². The maximum Gasteiger partial charge on any atom is 0.412 e. The minimum atomic E-state index is -3.55. The fraction of sp³-hybridized carbons (Fsp3) is 0.520. The molecule has 1 aliphatic rings. The third-order valence-corrected chi connectivity index (χ3v) is 7.86. The number of rotatable bonds is 7. The number of piperidine rings is 1. The maximum atomic E-state index is 12.8. The van der Waals surface area contributed by atoms with Crippen LogP contribution in [0.25, 0.3) is 0 Å². The second kappa shape index (κ2) is 11.4. The van der Waals surface area contributed by atoms with Crippen LogP contribution in [0.15, 0.2) is 35.2 Å². The third kappa shape index (κ3) is 7.39. The Balaban J connectivity index is 1.53. The number of aromatic nitrogens is 2. The zero-order valence-electron chi connectivity index (χ0n) is 22.1. The molecule has 0 bridgehead atoms. The van der Waals surface area contributed by atoms with Crippen LogP contribution < -0.4 is 10.1 Å². The van der Waals surface area contributed by atoms with Gasteiger partial charge in [0.25, 0.3) is 5.91 Å². The normalized spacial score (nSPS) is 15.2. The van der Waals surface area contributed by atoms with Gasteiger partial charge >= 0.3 is 12.1 Å². The number of nitrogens with one attached hydrogen (secondary N) is 1. The molecule has 2 aromatic rings. The van der Waals surface area contributed by atoms with Crippen LogP contribution in [0.2, 0.25) is 0 Å². The molecule has 0 aliphatic carbocycles. The second-order valence-electron chi connectivity index (χ2n) is 9.92. The Kier molecular flexibility index (Phi) is 8.75. The summed E-state index contributed by atoms with van der Waals surface area (Å²) in [7, 11) is -1.87. The lowest BCUT2D eigenvalue weighted by Crippen LogP contribution is -2.48.